The van der Waals surface area contributed by atoms with Gasteiger partial charge in [-0.1, -0.05) is 35.3 Å². The van der Waals surface area contributed by atoms with Gasteiger partial charge in [0.25, 0.3) is 5.82 Å². The van der Waals surface area contributed by atoms with Gasteiger partial charge in [-0.2, -0.15) is 0 Å². The number of fused-ring (bicyclic) bond motifs is 1. The second-order valence-electron chi connectivity index (χ2n) is 4.70. The first-order valence-electron chi connectivity index (χ1n) is 6.76. The van der Waals surface area contributed by atoms with E-state index in [0.29, 0.717) is 22.4 Å². The lowest BCUT2D eigenvalue weighted by atomic mass is 10.3. The van der Waals surface area contributed by atoms with E-state index in [1.165, 1.54) is 5.52 Å². The first-order valence-corrected chi connectivity index (χ1v) is 7.52. The number of hydrogen-bond donors (Lipinski definition) is 1. The third-order valence-corrected chi connectivity index (χ3v) is 3.90. The average Bonchev–Trinajstić information content (AvgIpc) is 2.83. The topological polar surface area (TPSA) is 28.9 Å². The summed E-state index contributed by atoms with van der Waals surface area (Å²) in [5.41, 5.74) is 2.26. The highest BCUT2D eigenvalue weighted by Crippen LogP contribution is 2.28. The molecule has 3 nitrogen and oxygen atoms in total. The number of nitrogens with zero attached hydrogens (tertiary/aromatic N) is 1. The number of imidazole rings is 1. The molecule has 0 fully saturated rings. The lowest BCUT2D eigenvalue weighted by Crippen LogP contribution is -2.36. The van der Waals surface area contributed by atoms with Crippen LogP contribution >= 0.6 is 23.2 Å². The Labute approximate surface area is 133 Å². The smallest absolute Gasteiger partial charge is 0.293 e. The van der Waals surface area contributed by atoms with E-state index in [9.17, 15) is 0 Å². The van der Waals surface area contributed by atoms with Crippen LogP contribution in [-0.4, -0.2) is 4.98 Å². The molecule has 1 N–H and O–H groups in total. The third kappa shape index (κ3) is 2.85. The first-order chi connectivity index (χ1) is 10.2. The maximum atomic E-state index is 6.12. The van der Waals surface area contributed by atoms with E-state index in [-0.39, 0.29) is 0 Å². The monoisotopic (exact) mass is 321 g/mol. The average molecular weight is 322 g/mol. The Morgan fingerprint density at radius 3 is 2.71 bits per heavy atom. The minimum atomic E-state index is 0.421. The molecule has 108 valence electrons. The number of aryl methyl sites for hydroxylation is 1. The second kappa shape index (κ2) is 5.96. The number of benzene rings is 2. The van der Waals surface area contributed by atoms with E-state index in [1.807, 2.05) is 12.1 Å². The Kier molecular flexibility index (Phi) is 4.04. The number of hydrogen-bond acceptors (Lipinski definition) is 1. The second-order valence-corrected chi connectivity index (χ2v) is 5.54. The van der Waals surface area contributed by atoms with Crippen LogP contribution in [0.3, 0.4) is 0 Å². The van der Waals surface area contributed by atoms with Gasteiger partial charge in [-0.15, -0.1) is 0 Å². The Morgan fingerprint density at radius 1 is 1.14 bits per heavy atom. The minimum Gasteiger partial charge on any atom is -0.479 e. The number of rotatable bonds is 4. The SMILES string of the molecule is CC[n+]1c(COc2ccc(Cl)cc2Cl)[nH]c2ccccc21. The van der Waals surface area contributed by atoms with Crippen LogP contribution in [0.4, 0.5) is 0 Å². The van der Waals surface area contributed by atoms with Gasteiger partial charge in [0.05, 0.1) is 11.6 Å². The molecule has 0 saturated carbocycles. The fraction of sp³-hybridized carbons (Fsp3) is 0.188. The quantitative estimate of drug-likeness (QED) is 0.710. The number of H-pyrrole nitrogens is 1. The van der Waals surface area contributed by atoms with Crippen molar-refractivity contribution in [1.82, 2.24) is 4.98 Å². The first kappa shape index (κ1) is 14.2. The number of nitrogens with one attached hydrogen (secondary N) is 1. The Bertz CT molecular complexity index is 783. The lowest BCUT2D eigenvalue weighted by Gasteiger charge is -2.06. The molecule has 3 rings (SSSR count). The van der Waals surface area contributed by atoms with Gasteiger partial charge in [0, 0.05) is 5.02 Å². The summed E-state index contributed by atoms with van der Waals surface area (Å²) in [5.74, 6) is 1.63. The van der Waals surface area contributed by atoms with Gasteiger partial charge < -0.3 is 4.74 Å². The molecule has 0 spiro atoms. The molecule has 1 heterocycles. The molecular formula is C16H15Cl2N2O+. The third-order valence-electron chi connectivity index (χ3n) is 3.37. The molecule has 0 saturated heterocycles. The summed E-state index contributed by atoms with van der Waals surface area (Å²) in [4.78, 5) is 3.39. The summed E-state index contributed by atoms with van der Waals surface area (Å²) >= 11 is 12.0. The van der Waals surface area contributed by atoms with E-state index < -0.39 is 0 Å². The Morgan fingerprint density at radius 2 is 1.95 bits per heavy atom. The van der Waals surface area contributed by atoms with Crippen molar-refractivity contribution < 1.29 is 9.30 Å². The standard InChI is InChI=1S/C16H14Cl2N2O/c1-2-20-14-6-4-3-5-13(14)19-16(20)10-21-15-8-7-11(17)9-12(15)18/h3-9H,2,10H2,1H3/p+1. The summed E-state index contributed by atoms with van der Waals surface area (Å²) in [5, 5.41) is 1.11. The van der Waals surface area contributed by atoms with Crippen molar-refractivity contribution in [3.05, 3.63) is 58.3 Å². The molecule has 2 aromatic carbocycles. The zero-order valence-electron chi connectivity index (χ0n) is 11.6. The highest BCUT2D eigenvalue weighted by molar-refractivity contribution is 6.35. The molecule has 5 heteroatoms. The molecule has 0 radical (unpaired) electrons. The van der Waals surface area contributed by atoms with Gasteiger partial charge in [-0.25, -0.2) is 9.55 Å². The maximum absolute atomic E-state index is 6.12. The van der Waals surface area contributed by atoms with E-state index in [2.05, 4.69) is 28.6 Å². The molecular weight excluding hydrogens is 307 g/mol. The molecule has 21 heavy (non-hydrogen) atoms. The molecule has 1 aromatic heterocycles. The van der Waals surface area contributed by atoms with Crippen LogP contribution in [0.25, 0.3) is 11.0 Å². The fourth-order valence-corrected chi connectivity index (χ4v) is 2.86. The maximum Gasteiger partial charge on any atom is 0.293 e. The number of ether oxygens (including phenoxy) is 1. The van der Waals surface area contributed by atoms with E-state index in [4.69, 9.17) is 27.9 Å². The van der Waals surface area contributed by atoms with Gasteiger partial charge in [-0.05, 0) is 37.3 Å². The summed E-state index contributed by atoms with van der Waals surface area (Å²) in [6.07, 6.45) is 0. The predicted octanol–water partition coefficient (Wildman–Crippen LogP) is 4.36. The van der Waals surface area contributed by atoms with Crippen molar-refractivity contribution in [2.75, 3.05) is 0 Å². The fourth-order valence-electron chi connectivity index (χ4n) is 2.40. The zero-order chi connectivity index (χ0) is 14.8. The molecule has 3 aromatic rings. The highest BCUT2D eigenvalue weighted by atomic mass is 35.5. The van der Waals surface area contributed by atoms with Crippen molar-refractivity contribution in [1.29, 1.82) is 0 Å². The van der Waals surface area contributed by atoms with Crippen LogP contribution in [0.15, 0.2) is 42.5 Å². The van der Waals surface area contributed by atoms with Crippen molar-refractivity contribution >= 4 is 34.2 Å². The summed E-state index contributed by atoms with van der Waals surface area (Å²) in [6, 6.07) is 13.4. The van der Waals surface area contributed by atoms with Gasteiger partial charge in [0.2, 0.25) is 0 Å². The van der Waals surface area contributed by atoms with Crippen LogP contribution in [0.1, 0.15) is 12.7 Å². The molecule has 0 atom stereocenters. The largest absolute Gasteiger partial charge is 0.479 e. The number of para-hydroxylation sites is 2. The van der Waals surface area contributed by atoms with Crippen molar-refractivity contribution in [2.24, 2.45) is 0 Å². The highest BCUT2D eigenvalue weighted by Gasteiger charge is 2.17. The molecule has 0 aliphatic carbocycles. The van der Waals surface area contributed by atoms with Crippen LogP contribution in [-0.2, 0) is 13.2 Å². The Balaban J connectivity index is 1.88. The minimum absolute atomic E-state index is 0.421. The van der Waals surface area contributed by atoms with Crippen molar-refractivity contribution in [3.63, 3.8) is 0 Å². The van der Waals surface area contributed by atoms with E-state index in [1.54, 1.807) is 18.2 Å². The molecule has 0 aliphatic heterocycles. The summed E-state index contributed by atoms with van der Waals surface area (Å²) < 4.78 is 8.00. The van der Waals surface area contributed by atoms with Crippen LogP contribution in [0.2, 0.25) is 10.0 Å². The van der Waals surface area contributed by atoms with Gasteiger partial charge in [-0.3, -0.25) is 0 Å². The van der Waals surface area contributed by atoms with Crippen molar-refractivity contribution in [3.8, 4) is 5.75 Å². The van der Waals surface area contributed by atoms with Crippen LogP contribution in [0.5, 0.6) is 5.75 Å². The summed E-state index contributed by atoms with van der Waals surface area (Å²) in [7, 11) is 0. The molecule has 0 bridgehead atoms. The van der Waals surface area contributed by atoms with Gasteiger partial charge in [0.1, 0.15) is 5.75 Å². The van der Waals surface area contributed by atoms with E-state index in [0.717, 1.165) is 17.9 Å². The summed E-state index contributed by atoms with van der Waals surface area (Å²) in [6.45, 7) is 3.40. The van der Waals surface area contributed by atoms with E-state index >= 15 is 0 Å². The van der Waals surface area contributed by atoms with Gasteiger partial charge >= 0.3 is 0 Å². The number of aromatic nitrogens is 2. The van der Waals surface area contributed by atoms with Gasteiger partial charge in [0.15, 0.2) is 17.6 Å². The van der Waals surface area contributed by atoms with Crippen LogP contribution in [0, 0.1) is 0 Å². The normalized spacial score (nSPS) is 11.0. The van der Waals surface area contributed by atoms with Crippen molar-refractivity contribution in [2.45, 2.75) is 20.1 Å². The Hall–Kier alpha value is -1.71. The zero-order valence-corrected chi connectivity index (χ0v) is 13.1. The molecule has 0 amide bonds. The molecule has 0 aliphatic rings. The predicted molar refractivity (Wildman–Crippen MR) is 85.0 cm³/mol. The van der Waals surface area contributed by atoms with Crippen LogP contribution < -0.4 is 9.30 Å². The number of halogens is 2. The lowest BCUT2D eigenvalue weighted by molar-refractivity contribution is -0.676. The number of aromatic amines is 1. The molecule has 0 unspecified atom stereocenters.